The summed E-state index contributed by atoms with van der Waals surface area (Å²) >= 11 is 0. The summed E-state index contributed by atoms with van der Waals surface area (Å²) in [7, 11) is 0. The van der Waals surface area contributed by atoms with E-state index >= 15 is 0 Å². The number of nitrogens with one attached hydrogen (secondary N) is 2. The van der Waals surface area contributed by atoms with Crippen molar-refractivity contribution in [3.05, 3.63) is 18.6 Å². The molecule has 2 fully saturated rings. The SMILES string of the molecule is O=C(C[C@@H]1C[C@H]2CC[C@H]1C2)NCCNc1cnccn1. The lowest BCUT2D eigenvalue weighted by Crippen LogP contribution is -2.31. The van der Waals surface area contributed by atoms with E-state index in [0.29, 0.717) is 25.4 Å². The number of nitrogens with zero attached hydrogens (tertiary/aromatic N) is 2. The fourth-order valence-electron chi connectivity index (χ4n) is 3.72. The molecule has 20 heavy (non-hydrogen) atoms. The Labute approximate surface area is 119 Å². The Bertz CT molecular complexity index is 450. The normalized spacial score (nSPS) is 27.5. The molecule has 0 aromatic carbocycles. The molecular formula is C15H22N4O. The molecule has 0 aliphatic heterocycles. The van der Waals surface area contributed by atoms with Crippen molar-refractivity contribution < 1.29 is 4.79 Å². The lowest BCUT2D eigenvalue weighted by atomic mass is 9.86. The molecule has 2 saturated carbocycles. The van der Waals surface area contributed by atoms with Gasteiger partial charge in [0.15, 0.2) is 0 Å². The molecule has 1 heterocycles. The molecule has 3 rings (SSSR count). The van der Waals surface area contributed by atoms with Crippen LogP contribution in [0.2, 0.25) is 0 Å². The smallest absolute Gasteiger partial charge is 0.220 e. The first-order valence-corrected chi connectivity index (χ1v) is 7.58. The molecule has 5 nitrogen and oxygen atoms in total. The first kappa shape index (κ1) is 13.3. The average Bonchev–Trinajstić information content (AvgIpc) is 3.07. The molecule has 1 aromatic rings. The van der Waals surface area contributed by atoms with E-state index in [4.69, 9.17) is 0 Å². The van der Waals surface area contributed by atoms with E-state index in [9.17, 15) is 4.79 Å². The Balaban J connectivity index is 1.32. The minimum atomic E-state index is 0.198. The highest BCUT2D eigenvalue weighted by Crippen LogP contribution is 2.49. The van der Waals surface area contributed by atoms with Gasteiger partial charge in [-0.3, -0.25) is 9.78 Å². The Kier molecular flexibility index (Phi) is 4.14. The van der Waals surface area contributed by atoms with Crippen molar-refractivity contribution in [1.29, 1.82) is 0 Å². The van der Waals surface area contributed by atoms with E-state index in [0.717, 1.165) is 17.7 Å². The molecule has 0 unspecified atom stereocenters. The molecule has 2 N–H and O–H groups in total. The number of carbonyl (C=O) groups is 1. The van der Waals surface area contributed by atoms with E-state index in [2.05, 4.69) is 20.6 Å². The van der Waals surface area contributed by atoms with Crippen molar-refractivity contribution in [2.75, 3.05) is 18.4 Å². The van der Waals surface area contributed by atoms with Crippen LogP contribution in [0.4, 0.5) is 5.82 Å². The second-order valence-corrected chi connectivity index (χ2v) is 6.01. The maximum Gasteiger partial charge on any atom is 0.220 e. The summed E-state index contributed by atoms with van der Waals surface area (Å²) in [5.41, 5.74) is 0. The highest BCUT2D eigenvalue weighted by atomic mass is 16.1. The zero-order valence-electron chi connectivity index (χ0n) is 11.7. The summed E-state index contributed by atoms with van der Waals surface area (Å²) in [6, 6.07) is 0. The summed E-state index contributed by atoms with van der Waals surface area (Å²) in [5, 5.41) is 6.12. The van der Waals surface area contributed by atoms with Crippen molar-refractivity contribution in [3.63, 3.8) is 0 Å². The van der Waals surface area contributed by atoms with Gasteiger partial charge in [-0.2, -0.15) is 0 Å². The molecule has 5 heteroatoms. The van der Waals surface area contributed by atoms with Gasteiger partial charge in [0.05, 0.1) is 6.20 Å². The van der Waals surface area contributed by atoms with Crippen molar-refractivity contribution in [1.82, 2.24) is 15.3 Å². The Morgan fingerprint density at radius 2 is 2.20 bits per heavy atom. The van der Waals surface area contributed by atoms with Gasteiger partial charge in [0.25, 0.3) is 0 Å². The highest BCUT2D eigenvalue weighted by molar-refractivity contribution is 5.76. The zero-order chi connectivity index (χ0) is 13.8. The number of hydrogen-bond acceptors (Lipinski definition) is 4. The first-order chi connectivity index (χ1) is 9.81. The second kappa shape index (κ2) is 6.20. The van der Waals surface area contributed by atoms with Crippen LogP contribution < -0.4 is 10.6 Å². The van der Waals surface area contributed by atoms with Crippen molar-refractivity contribution in [3.8, 4) is 0 Å². The van der Waals surface area contributed by atoms with Gasteiger partial charge in [-0.1, -0.05) is 6.42 Å². The third-order valence-electron chi connectivity index (χ3n) is 4.65. The summed E-state index contributed by atoms with van der Waals surface area (Å²) in [6.45, 7) is 1.32. The van der Waals surface area contributed by atoms with E-state index in [1.165, 1.54) is 25.7 Å². The standard InChI is InChI=1S/C15H22N4O/c20-15(9-13-8-11-1-2-12(13)7-11)19-6-5-18-14-10-16-3-4-17-14/h3-4,10-13H,1-2,5-9H2,(H,17,18)(H,19,20)/t11-,12-,13-/m0/s1. The van der Waals surface area contributed by atoms with Crippen molar-refractivity contribution in [2.45, 2.75) is 32.1 Å². The highest BCUT2D eigenvalue weighted by Gasteiger charge is 2.39. The van der Waals surface area contributed by atoms with Gasteiger partial charge in [0.2, 0.25) is 5.91 Å². The first-order valence-electron chi connectivity index (χ1n) is 7.58. The fraction of sp³-hybridized carbons (Fsp3) is 0.667. The molecule has 108 valence electrons. The predicted molar refractivity (Wildman–Crippen MR) is 77.1 cm³/mol. The van der Waals surface area contributed by atoms with E-state index in [1.54, 1.807) is 18.6 Å². The van der Waals surface area contributed by atoms with Gasteiger partial charge >= 0.3 is 0 Å². The zero-order valence-corrected chi connectivity index (χ0v) is 11.7. The van der Waals surface area contributed by atoms with Crippen LogP contribution in [0.25, 0.3) is 0 Å². The quantitative estimate of drug-likeness (QED) is 0.777. The Morgan fingerprint density at radius 3 is 2.90 bits per heavy atom. The van der Waals surface area contributed by atoms with Gasteiger partial charge in [0, 0.05) is 31.9 Å². The lowest BCUT2D eigenvalue weighted by Gasteiger charge is -2.20. The van der Waals surface area contributed by atoms with Crippen LogP contribution in [-0.2, 0) is 4.79 Å². The van der Waals surface area contributed by atoms with E-state index < -0.39 is 0 Å². The van der Waals surface area contributed by atoms with E-state index in [-0.39, 0.29) is 5.91 Å². The van der Waals surface area contributed by atoms with Gasteiger partial charge < -0.3 is 10.6 Å². The number of amides is 1. The molecule has 0 radical (unpaired) electrons. The number of carbonyl (C=O) groups excluding carboxylic acids is 1. The van der Waals surface area contributed by atoms with Crippen LogP contribution in [0.1, 0.15) is 32.1 Å². The van der Waals surface area contributed by atoms with Crippen LogP contribution in [0.5, 0.6) is 0 Å². The number of aromatic nitrogens is 2. The third kappa shape index (κ3) is 3.26. The summed E-state index contributed by atoms with van der Waals surface area (Å²) < 4.78 is 0. The maximum absolute atomic E-state index is 11.9. The van der Waals surface area contributed by atoms with Crippen molar-refractivity contribution in [2.24, 2.45) is 17.8 Å². The summed E-state index contributed by atoms with van der Waals surface area (Å²) in [6.07, 6.45) is 11.1. The van der Waals surface area contributed by atoms with E-state index in [1.807, 2.05) is 0 Å². The number of anilines is 1. The Morgan fingerprint density at radius 1 is 1.25 bits per heavy atom. The maximum atomic E-state index is 11.9. The Hall–Kier alpha value is -1.65. The summed E-state index contributed by atoms with van der Waals surface area (Å²) in [4.78, 5) is 20.0. The molecule has 1 amide bonds. The molecule has 3 atom stereocenters. The molecule has 0 spiro atoms. The molecule has 2 aliphatic carbocycles. The molecule has 2 bridgehead atoms. The largest absolute Gasteiger partial charge is 0.367 e. The van der Waals surface area contributed by atoms with Gasteiger partial charge in [-0.05, 0) is 37.0 Å². The van der Waals surface area contributed by atoms with Crippen LogP contribution in [0.3, 0.4) is 0 Å². The summed E-state index contributed by atoms with van der Waals surface area (Å²) in [5.74, 6) is 3.32. The van der Waals surface area contributed by atoms with Crippen LogP contribution in [-0.4, -0.2) is 29.0 Å². The fourth-order valence-corrected chi connectivity index (χ4v) is 3.72. The van der Waals surface area contributed by atoms with Gasteiger partial charge in [0.1, 0.15) is 5.82 Å². The predicted octanol–water partition coefficient (Wildman–Crippen LogP) is 1.83. The van der Waals surface area contributed by atoms with Crippen molar-refractivity contribution >= 4 is 11.7 Å². The monoisotopic (exact) mass is 274 g/mol. The van der Waals surface area contributed by atoms with Crippen LogP contribution >= 0.6 is 0 Å². The minimum absolute atomic E-state index is 0.198. The van der Waals surface area contributed by atoms with Crippen LogP contribution in [0, 0.1) is 17.8 Å². The average molecular weight is 274 g/mol. The molecule has 2 aliphatic rings. The lowest BCUT2D eigenvalue weighted by molar-refractivity contribution is -0.122. The topological polar surface area (TPSA) is 66.9 Å². The molecular weight excluding hydrogens is 252 g/mol. The number of fused-ring (bicyclic) bond motifs is 2. The van der Waals surface area contributed by atoms with Crippen LogP contribution in [0.15, 0.2) is 18.6 Å². The second-order valence-electron chi connectivity index (χ2n) is 6.01. The number of rotatable bonds is 6. The third-order valence-corrected chi connectivity index (χ3v) is 4.65. The minimum Gasteiger partial charge on any atom is -0.367 e. The molecule has 1 aromatic heterocycles. The van der Waals surface area contributed by atoms with Gasteiger partial charge in [-0.15, -0.1) is 0 Å². The molecule has 0 saturated heterocycles. The number of hydrogen-bond donors (Lipinski definition) is 2. The van der Waals surface area contributed by atoms with Gasteiger partial charge in [-0.25, -0.2) is 4.98 Å².